The van der Waals surface area contributed by atoms with Gasteiger partial charge in [-0.05, 0) is 29.3 Å². The van der Waals surface area contributed by atoms with Gasteiger partial charge in [-0.2, -0.15) is 0 Å². The highest BCUT2D eigenvalue weighted by Crippen LogP contribution is 2.14. The van der Waals surface area contributed by atoms with E-state index >= 15 is 0 Å². The van der Waals surface area contributed by atoms with Gasteiger partial charge in [-0.1, -0.05) is 42.5 Å². The molecule has 0 fully saturated rings. The van der Waals surface area contributed by atoms with Crippen molar-refractivity contribution in [3.63, 3.8) is 0 Å². The van der Waals surface area contributed by atoms with Crippen LogP contribution in [0.5, 0.6) is 0 Å². The molecule has 0 N–H and O–H groups in total. The predicted molar refractivity (Wildman–Crippen MR) is 76.5 cm³/mol. The Kier molecular flexibility index (Phi) is 4.66. The van der Waals surface area contributed by atoms with Crippen molar-refractivity contribution in [2.24, 2.45) is 0 Å². The lowest BCUT2D eigenvalue weighted by atomic mass is 10.0. The van der Waals surface area contributed by atoms with Crippen molar-refractivity contribution in [1.29, 1.82) is 0 Å². The Morgan fingerprint density at radius 2 is 1.75 bits per heavy atom. The summed E-state index contributed by atoms with van der Waals surface area (Å²) in [5.41, 5.74) is 2.32. The van der Waals surface area contributed by atoms with Crippen molar-refractivity contribution in [2.45, 2.75) is 6.42 Å². The van der Waals surface area contributed by atoms with E-state index in [9.17, 15) is 9.18 Å². The van der Waals surface area contributed by atoms with Gasteiger partial charge in [-0.3, -0.25) is 0 Å². The van der Waals surface area contributed by atoms with E-state index in [0.29, 0.717) is 12.0 Å². The van der Waals surface area contributed by atoms with E-state index in [4.69, 9.17) is 4.74 Å². The summed E-state index contributed by atoms with van der Waals surface area (Å²) in [5.74, 6) is -0.668. The van der Waals surface area contributed by atoms with Crippen LogP contribution in [-0.2, 0) is 16.0 Å². The number of carbonyl (C=O) groups excluding carboxylic acids is 1. The summed E-state index contributed by atoms with van der Waals surface area (Å²) in [4.78, 5) is 11.8. The lowest BCUT2D eigenvalue weighted by Crippen LogP contribution is -2.07. The van der Waals surface area contributed by atoms with Gasteiger partial charge in [-0.25, -0.2) is 9.18 Å². The monoisotopic (exact) mass is 270 g/mol. The minimum atomic E-state index is -0.377. The number of ether oxygens (including phenoxy) is 1. The number of halogens is 1. The van der Waals surface area contributed by atoms with E-state index < -0.39 is 0 Å². The molecule has 0 unspecified atom stereocenters. The molecule has 2 nitrogen and oxygen atoms in total. The molecule has 0 amide bonds. The molecule has 102 valence electrons. The number of methoxy groups -OCH3 is 1. The van der Waals surface area contributed by atoms with Gasteiger partial charge in [0.2, 0.25) is 0 Å². The summed E-state index contributed by atoms with van der Waals surface area (Å²) >= 11 is 0. The van der Waals surface area contributed by atoms with Gasteiger partial charge in [-0.15, -0.1) is 0 Å². The fourth-order valence-electron chi connectivity index (χ4n) is 1.89. The number of hydrogen-bond acceptors (Lipinski definition) is 2. The second kappa shape index (κ2) is 6.66. The Labute approximate surface area is 117 Å². The molecule has 3 heteroatoms. The maximum Gasteiger partial charge on any atom is 0.334 e. The van der Waals surface area contributed by atoms with Gasteiger partial charge in [0.15, 0.2) is 0 Å². The second-order valence-electron chi connectivity index (χ2n) is 4.38. The van der Waals surface area contributed by atoms with Gasteiger partial charge in [0.1, 0.15) is 5.82 Å². The van der Waals surface area contributed by atoms with Gasteiger partial charge in [0.25, 0.3) is 0 Å². The number of benzene rings is 2. The third-order valence-corrected chi connectivity index (χ3v) is 2.90. The van der Waals surface area contributed by atoms with Gasteiger partial charge >= 0.3 is 5.97 Å². The van der Waals surface area contributed by atoms with Gasteiger partial charge < -0.3 is 4.74 Å². The standard InChI is InChI=1S/C17H15FO2/c1-20-17(19)15(11-13-5-3-2-4-6-13)12-14-7-9-16(18)10-8-14/h2-11H,12H2,1H3/b15-11-. The Balaban J connectivity index is 2.26. The van der Waals surface area contributed by atoms with Crippen molar-refractivity contribution in [3.8, 4) is 0 Å². The molecule has 0 spiro atoms. The average Bonchev–Trinajstić information content (AvgIpc) is 2.49. The summed E-state index contributed by atoms with van der Waals surface area (Å²) in [7, 11) is 1.35. The molecule has 0 atom stereocenters. The molecule has 0 radical (unpaired) electrons. The van der Waals surface area contributed by atoms with Gasteiger partial charge in [0.05, 0.1) is 7.11 Å². The Hall–Kier alpha value is -2.42. The molecule has 2 aromatic carbocycles. The largest absolute Gasteiger partial charge is 0.466 e. The third kappa shape index (κ3) is 3.79. The van der Waals surface area contributed by atoms with Crippen LogP contribution in [-0.4, -0.2) is 13.1 Å². The van der Waals surface area contributed by atoms with Crippen LogP contribution < -0.4 is 0 Å². The first kappa shape index (κ1) is 14.0. The first-order valence-corrected chi connectivity index (χ1v) is 6.27. The van der Waals surface area contributed by atoms with E-state index in [1.807, 2.05) is 30.3 Å². The van der Waals surface area contributed by atoms with E-state index in [1.165, 1.54) is 19.2 Å². The highest BCUT2D eigenvalue weighted by atomic mass is 19.1. The lowest BCUT2D eigenvalue weighted by molar-refractivity contribution is -0.136. The average molecular weight is 270 g/mol. The topological polar surface area (TPSA) is 26.3 Å². The molecule has 20 heavy (non-hydrogen) atoms. The Morgan fingerprint density at radius 1 is 1.10 bits per heavy atom. The van der Waals surface area contributed by atoms with Gasteiger partial charge in [0, 0.05) is 12.0 Å². The van der Waals surface area contributed by atoms with Crippen molar-refractivity contribution < 1.29 is 13.9 Å². The van der Waals surface area contributed by atoms with Crippen molar-refractivity contribution in [2.75, 3.05) is 7.11 Å². The molecule has 0 aliphatic carbocycles. The zero-order chi connectivity index (χ0) is 14.4. The Morgan fingerprint density at radius 3 is 2.35 bits per heavy atom. The smallest absolute Gasteiger partial charge is 0.334 e. The fraction of sp³-hybridized carbons (Fsp3) is 0.118. The van der Waals surface area contributed by atoms with Crippen LogP contribution >= 0.6 is 0 Å². The molecule has 0 aromatic heterocycles. The second-order valence-corrected chi connectivity index (χ2v) is 4.38. The van der Waals surface area contributed by atoms with Crippen LogP contribution in [0.1, 0.15) is 11.1 Å². The summed E-state index contributed by atoms with van der Waals surface area (Å²) < 4.78 is 17.7. The quantitative estimate of drug-likeness (QED) is 0.626. The third-order valence-electron chi connectivity index (χ3n) is 2.90. The fourth-order valence-corrected chi connectivity index (χ4v) is 1.89. The summed E-state index contributed by atoms with van der Waals surface area (Å²) in [6.45, 7) is 0. The molecule has 2 rings (SSSR count). The van der Waals surface area contributed by atoms with Crippen LogP contribution in [0.2, 0.25) is 0 Å². The van der Waals surface area contributed by atoms with E-state index in [2.05, 4.69) is 0 Å². The summed E-state index contributed by atoms with van der Waals surface area (Å²) in [6.07, 6.45) is 2.19. The maximum absolute atomic E-state index is 12.9. The highest BCUT2D eigenvalue weighted by molar-refractivity contribution is 5.94. The number of esters is 1. The van der Waals surface area contributed by atoms with Crippen molar-refractivity contribution in [3.05, 3.63) is 77.1 Å². The minimum Gasteiger partial charge on any atom is -0.466 e. The van der Waals surface area contributed by atoms with Crippen molar-refractivity contribution in [1.82, 2.24) is 0 Å². The first-order valence-electron chi connectivity index (χ1n) is 6.27. The van der Waals surface area contributed by atoms with Crippen LogP contribution in [0.25, 0.3) is 6.08 Å². The van der Waals surface area contributed by atoms with E-state index in [0.717, 1.165) is 11.1 Å². The zero-order valence-electron chi connectivity index (χ0n) is 11.2. The summed E-state index contributed by atoms with van der Waals surface area (Å²) in [6, 6.07) is 15.6. The molecule has 0 aliphatic rings. The highest BCUT2D eigenvalue weighted by Gasteiger charge is 2.10. The van der Waals surface area contributed by atoms with Crippen molar-refractivity contribution >= 4 is 12.0 Å². The molecule has 0 bridgehead atoms. The SMILES string of the molecule is COC(=O)/C(=C\c1ccccc1)Cc1ccc(F)cc1. The predicted octanol–water partition coefficient (Wildman–Crippen LogP) is 3.62. The molecule has 2 aromatic rings. The number of hydrogen-bond donors (Lipinski definition) is 0. The molecule has 0 aliphatic heterocycles. The molecular weight excluding hydrogens is 255 g/mol. The van der Waals surface area contributed by atoms with Crippen LogP contribution in [0.4, 0.5) is 4.39 Å². The lowest BCUT2D eigenvalue weighted by Gasteiger charge is -2.06. The molecule has 0 saturated heterocycles. The normalized spacial score (nSPS) is 11.2. The minimum absolute atomic E-state index is 0.291. The first-order chi connectivity index (χ1) is 9.69. The molecular formula is C17H15FO2. The van der Waals surface area contributed by atoms with E-state index in [-0.39, 0.29) is 11.8 Å². The zero-order valence-corrected chi connectivity index (χ0v) is 11.2. The number of carbonyl (C=O) groups is 1. The Bertz CT molecular complexity index is 601. The molecule has 0 saturated carbocycles. The van der Waals surface area contributed by atoms with Crippen LogP contribution in [0.3, 0.4) is 0 Å². The number of rotatable bonds is 4. The summed E-state index contributed by atoms with van der Waals surface area (Å²) in [5, 5.41) is 0. The van der Waals surface area contributed by atoms with Crippen LogP contribution in [0.15, 0.2) is 60.2 Å². The maximum atomic E-state index is 12.9. The molecule has 0 heterocycles. The van der Waals surface area contributed by atoms with E-state index in [1.54, 1.807) is 18.2 Å². The van der Waals surface area contributed by atoms with Crippen LogP contribution in [0, 0.1) is 5.82 Å².